The fourth-order valence-corrected chi connectivity index (χ4v) is 2.33. The maximum atomic E-state index is 10.8. The van der Waals surface area contributed by atoms with E-state index in [1.807, 2.05) is 30.3 Å². The zero-order valence-corrected chi connectivity index (χ0v) is 10.4. The van der Waals surface area contributed by atoms with Crippen LogP contribution in [0.15, 0.2) is 42.5 Å². The van der Waals surface area contributed by atoms with Crippen molar-refractivity contribution < 1.29 is 9.90 Å². The molecule has 19 heavy (non-hydrogen) atoms. The molecular weight excluding hydrogens is 264 g/mol. The van der Waals surface area contributed by atoms with Gasteiger partial charge in [-0.1, -0.05) is 18.2 Å². The molecule has 94 valence electrons. The molecule has 1 aromatic carbocycles. The quantitative estimate of drug-likeness (QED) is 0.789. The average molecular weight is 272 g/mol. The van der Waals surface area contributed by atoms with E-state index in [0.717, 1.165) is 17.0 Å². The van der Waals surface area contributed by atoms with Gasteiger partial charge in [0.25, 0.3) is 0 Å². The minimum atomic E-state index is -0.952. The van der Waals surface area contributed by atoms with E-state index in [2.05, 4.69) is 15.4 Å². The van der Waals surface area contributed by atoms with E-state index in [1.54, 1.807) is 6.07 Å². The number of hydrogen-bond donors (Lipinski definition) is 1. The number of para-hydroxylation sites is 1. The monoisotopic (exact) mass is 272 g/mol. The Morgan fingerprint density at radius 3 is 2.63 bits per heavy atom. The largest absolute Gasteiger partial charge is 0.477 e. The molecule has 0 atom stereocenters. The molecule has 0 bridgehead atoms. The van der Waals surface area contributed by atoms with Crippen LogP contribution in [0.25, 0.3) is 16.4 Å². The van der Waals surface area contributed by atoms with Crippen LogP contribution in [0.2, 0.25) is 0 Å². The predicted molar refractivity (Wildman–Crippen MR) is 69.4 cm³/mol. The lowest BCUT2D eigenvalue weighted by Gasteiger charge is -1.95. The van der Waals surface area contributed by atoms with Gasteiger partial charge >= 0.3 is 5.97 Å². The maximum Gasteiger partial charge on any atom is 0.345 e. The number of rotatable bonds is 3. The minimum absolute atomic E-state index is 0.256. The van der Waals surface area contributed by atoms with Gasteiger partial charge in [0, 0.05) is 0 Å². The van der Waals surface area contributed by atoms with Crippen molar-refractivity contribution in [3.8, 4) is 16.4 Å². The summed E-state index contributed by atoms with van der Waals surface area (Å²) >= 11 is 1.12. The summed E-state index contributed by atoms with van der Waals surface area (Å²) in [5, 5.41) is 21.0. The van der Waals surface area contributed by atoms with Crippen LogP contribution in [-0.4, -0.2) is 31.3 Å². The highest BCUT2D eigenvalue weighted by atomic mass is 32.1. The molecule has 2 heterocycles. The molecule has 0 saturated carbocycles. The standard InChI is InChI=1S/C12H8N4O2S/c17-12(18)10-7-6-9(19-10)11-13-15-16(14-11)8-4-2-1-3-5-8/h1-7H,(H,17,18). The zero-order valence-electron chi connectivity index (χ0n) is 9.59. The number of tetrazole rings is 1. The SMILES string of the molecule is O=C(O)c1ccc(-c2nnn(-c3ccccc3)n2)s1. The molecular formula is C12H8N4O2S. The van der Waals surface area contributed by atoms with E-state index in [1.165, 1.54) is 10.9 Å². The lowest BCUT2D eigenvalue weighted by molar-refractivity contribution is 0.0702. The van der Waals surface area contributed by atoms with Crippen molar-refractivity contribution in [2.75, 3.05) is 0 Å². The van der Waals surface area contributed by atoms with Gasteiger partial charge < -0.3 is 5.11 Å². The topological polar surface area (TPSA) is 80.9 Å². The van der Waals surface area contributed by atoms with Crippen LogP contribution >= 0.6 is 11.3 Å². The third kappa shape index (κ3) is 2.23. The molecule has 7 heteroatoms. The first-order chi connectivity index (χ1) is 9.24. The summed E-state index contributed by atoms with van der Waals surface area (Å²) in [4.78, 5) is 13.2. The smallest absolute Gasteiger partial charge is 0.345 e. The van der Waals surface area contributed by atoms with Gasteiger partial charge in [-0.25, -0.2) is 4.79 Å². The van der Waals surface area contributed by atoms with Crippen LogP contribution in [0.4, 0.5) is 0 Å². The Morgan fingerprint density at radius 2 is 1.95 bits per heavy atom. The van der Waals surface area contributed by atoms with Crippen LogP contribution in [-0.2, 0) is 0 Å². The lowest BCUT2D eigenvalue weighted by atomic mass is 10.3. The molecule has 3 rings (SSSR count). The molecule has 0 spiro atoms. The van der Waals surface area contributed by atoms with Crippen molar-refractivity contribution in [3.63, 3.8) is 0 Å². The second-order valence-corrected chi connectivity index (χ2v) is 4.79. The third-order valence-corrected chi connectivity index (χ3v) is 3.51. The summed E-state index contributed by atoms with van der Waals surface area (Å²) in [6, 6.07) is 12.6. The van der Waals surface area contributed by atoms with Crippen LogP contribution in [0.1, 0.15) is 9.67 Å². The molecule has 6 nitrogen and oxygen atoms in total. The zero-order chi connectivity index (χ0) is 13.2. The maximum absolute atomic E-state index is 10.8. The van der Waals surface area contributed by atoms with E-state index in [0.29, 0.717) is 10.7 Å². The number of carboxylic acid groups (broad SMARTS) is 1. The molecule has 3 aromatic rings. The van der Waals surface area contributed by atoms with E-state index < -0.39 is 5.97 Å². The van der Waals surface area contributed by atoms with Gasteiger partial charge in [0.15, 0.2) is 0 Å². The number of nitrogens with zero attached hydrogens (tertiary/aromatic N) is 4. The number of benzene rings is 1. The summed E-state index contributed by atoms with van der Waals surface area (Å²) in [6.07, 6.45) is 0. The Balaban J connectivity index is 1.94. The Bertz CT molecular complexity index is 720. The molecule has 0 aliphatic carbocycles. The van der Waals surface area contributed by atoms with Crippen molar-refractivity contribution >= 4 is 17.3 Å². The molecule has 0 radical (unpaired) electrons. The van der Waals surface area contributed by atoms with Gasteiger partial charge in [0.05, 0.1) is 10.6 Å². The highest BCUT2D eigenvalue weighted by molar-refractivity contribution is 7.17. The number of carbonyl (C=O) groups is 1. The Morgan fingerprint density at radius 1 is 1.16 bits per heavy atom. The van der Waals surface area contributed by atoms with Gasteiger partial charge in [-0.3, -0.25) is 0 Å². The van der Waals surface area contributed by atoms with Crippen molar-refractivity contribution in [2.24, 2.45) is 0 Å². The Hall–Kier alpha value is -2.54. The second kappa shape index (κ2) is 4.62. The summed E-state index contributed by atoms with van der Waals surface area (Å²) in [6.45, 7) is 0. The first kappa shape index (κ1) is 11.5. The highest BCUT2D eigenvalue weighted by Gasteiger charge is 2.12. The van der Waals surface area contributed by atoms with Crippen molar-refractivity contribution in [2.45, 2.75) is 0 Å². The highest BCUT2D eigenvalue weighted by Crippen LogP contribution is 2.24. The van der Waals surface area contributed by atoms with Gasteiger partial charge in [0.1, 0.15) is 4.88 Å². The lowest BCUT2D eigenvalue weighted by Crippen LogP contribution is -1.97. The molecule has 1 N–H and O–H groups in total. The van der Waals surface area contributed by atoms with E-state index in [-0.39, 0.29) is 4.88 Å². The fraction of sp³-hybridized carbons (Fsp3) is 0. The van der Waals surface area contributed by atoms with E-state index in [4.69, 9.17) is 5.11 Å². The van der Waals surface area contributed by atoms with Crippen molar-refractivity contribution in [1.29, 1.82) is 0 Å². The minimum Gasteiger partial charge on any atom is -0.477 e. The van der Waals surface area contributed by atoms with Crippen LogP contribution < -0.4 is 0 Å². The molecule has 0 aliphatic heterocycles. The molecule has 0 unspecified atom stereocenters. The van der Waals surface area contributed by atoms with Crippen molar-refractivity contribution in [3.05, 3.63) is 47.3 Å². The summed E-state index contributed by atoms with van der Waals surface area (Å²) in [5.74, 6) is -0.534. The second-order valence-electron chi connectivity index (χ2n) is 3.71. The third-order valence-electron chi connectivity index (χ3n) is 2.44. The van der Waals surface area contributed by atoms with Gasteiger partial charge in [-0.05, 0) is 29.5 Å². The van der Waals surface area contributed by atoms with Crippen molar-refractivity contribution in [1.82, 2.24) is 20.2 Å². The van der Waals surface area contributed by atoms with E-state index >= 15 is 0 Å². The Kier molecular flexibility index (Phi) is 2.81. The normalized spacial score (nSPS) is 10.5. The van der Waals surface area contributed by atoms with Crippen LogP contribution in [0.5, 0.6) is 0 Å². The summed E-state index contributed by atoms with van der Waals surface area (Å²) < 4.78 is 0. The number of carboxylic acids is 1. The number of aromatic nitrogens is 4. The molecule has 0 fully saturated rings. The molecule has 2 aromatic heterocycles. The van der Waals surface area contributed by atoms with Gasteiger partial charge in [-0.2, -0.15) is 0 Å². The number of thiophene rings is 1. The van der Waals surface area contributed by atoms with E-state index in [9.17, 15) is 4.79 Å². The molecule has 0 aliphatic rings. The first-order valence-electron chi connectivity index (χ1n) is 5.43. The van der Waals surface area contributed by atoms with Gasteiger partial charge in [-0.15, -0.1) is 26.3 Å². The number of aromatic carboxylic acids is 1. The van der Waals surface area contributed by atoms with Gasteiger partial charge in [0.2, 0.25) is 5.82 Å². The molecule has 0 saturated heterocycles. The summed E-state index contributed by atoms with van der Waals surface area (Å²) in [5.41, 5.74) is 0.802. The number of hydrogen-bond acceptors (Lipinski definition) is 5. The predicted octanol–water partition coefficient (Wildman–Crippen LogP) is 2.09. The van der Waals surface area contributed by atoms with Crippen LogP contribution in [0, 0.1) is 0 Å². The molecule has 0 amide bonds. The first-order valence-corrected chi connectivity index (χ1v) is 6.24. The Labute approximate surface area is 111 Å². The summed E-state index contributed by atoms with van der Waals surface area (Å²) in [7, 11) is 0. The van der Waals surface area contributed by atoms with Crippen LogP contribution in [0.3, 0.4) is 0 Å². The average Bonchev–Trinajstić information content (AvgIpc) is 3.09. The fourth-order valence-electron chi connectivity index (χ4n) is 1.56.